The number of rotatable bonds is 4. The summed E-state index contributed by atoms with van der Waals surface area (Å²) < 4.78 is 4.95. The molecule has 0 atom stereocenters. The first-order chi connectivity index (χ1) is 13.0. The predicted molar refractivity (Wildman–Crippen MR) is 102 cm³/mol. The molecular weight excluding hydrogens is 388 g/mol. The van der Waals surface area contributed by atoms with E-state index in [9.17, 15) is 20.0 Å². The van der Waals surface area contributed by atoms with Gasteiger partial charge in [-0.3, -0.25) is 4.79 Å². The van der Waals surface area contributed by atoms with Crippen molar-refractivity contribution >= 4 is 39.8 Å². The maximum Gasteiger partial charge on any atom is 0.342 e. The van der Waals surface area contributed by atoms with Crippen molar-refractivity contribution in [3.63, 3.8) is 0 Å². The smallest absolute Gasteiger partial charge is 0.342 e. The number of anilines is 1. The van der Waals surface area contributed by atoms with Gasteiger partial charge in [-0.05, 0) is 49.4 Å². The molecule has 1 amide bonds. The number of nitriles is 1. The summed E-state index contributed by atoms with van der Waals surface area (Å²) in [6.45, 7) is -0.530. The number of esters is 1. The quantitative estimate of drug-likeness (QED) is 0.591. The topological polar surface area (TPSA) is 99.4 Å². The average Bonchev–Trinajstić information content (AvgIpc) is 2.81. The van der Waals surface area contributed by atoms with Gasteiger partial charge in [-0.2, -0.15) is 5.26 Å². The lowest BCUT2D eigenvalue weighted by atomic mass is 10.1. The number of halogens is 1. The zero-order valence-corrected chi connectivity index (χ0v) is 16.0. The van der Waals surface area contributed by atoms with E-state index < -0.39 is 18.5 Å². The molecule has 27 heavy (non-hydrogen) atoms. The van der Waals surface area contributed by atoms with Crippen LogP contribution in [0.4, 0.5) is 5.00 Å². The number of phenolic OH excluding ortho intramolecular Hbond substituents is 1. The van der Waals surface area contributed by atoms with E-state index in [4.69, 9.17) is 16.3 Å². The fraction of sp³-hybridized carbons (Fsp3) is 0.316. The van der Waals surface area contributed by atoms with E-state index in [1.807, 2.05) is 0 Å². The highest BCUT2D eigenvalue weighted by atomic mass is 35.5. The Hall–Kier alpha value is -2.56. The molecule has 1 aliphatic carbocycles. The van der Waals surface area contributed by atoms with Gasteiger partial charge in [0.15, 0.2) is 6.61 Å². The van der Waals surface area contributed by atoms with Gasteiger partial charge < -0.3 is 15.2 Å². The zero-order chi connectivity index (χ0) is 19.4. The maximum atomic E-state index is 12.2. The highest BCUT2D eigenvalue weighted by molar-refractivity contribution is 7.16. The van der Waals surface area contributed by atoms with Crippen LogP contribution in [0.3, 0.4) is 0 Å². The van der Waals surface area contributed by atoms with Crippen LogP contribution >= 0.6 is 22.9 Å². The van der Waals surface area contributed by atoms with Crippen LogP contribution in [0.15, 0.2) is 18.2 Å². The number of ether oxygens (including phenoxy) is 1. The molecule has 8 heteroatoms. The van der Waals surface area contributed by atoms with Crippen molar-refractivity contribution in [1.29, 1.82) is 5.26 Å². The number of aryl methyl sites for hydroxylation is 1. The molecule has 1 aromatic carbocycles. The lowest BCUT2D eigenvalue weighted by Crippen LogP contribution is -2.21. The SMILES string of the molecule is N#Cc1c(NC(=O)COC(=O)c2cc(Cl)ccc2O)sc2c1CCCCC2. The van der Waals surface area contributed by atoms with E-state index in [0.29, 0.717) is 10.6 Å². The first-order valence-electron chi connectivity index (χ1n) is 8.49. The highest BCUT2D eigenvalue weighted by Crippen LogP contribution is 2.36. The Balaban J connectivity index is 1.65. The molecule has 0 fully saturated rings. The average molecular weight is 405 g/mol. The van der Waals surface area contributed by atoms with Gasteiger partial charge in [0, 0.05) is 9.90 Å². The van der Waals surface area contributed by atoms with Crippen molar-refractivity contribution in [3.05, 3.63) is 44.8 Å². The van der Waals surface area contributed by atoms with Crippen LogP contribution in [-0.4, -0.2) is 23.6 Å². The van der Waals surface area contributed by atoms with Gasteiger partial charge in [0.05, 0.1) is 5.56 Å². The van der Waals surface area contributed by atoms with Crippen molar-refractivity contribution in [3.8, 4) is 11.8 Å². The number of hydrogen-bond acceptors (Lipinski definition) is 6. The van der Waals surface area contributed by atoms with E-state index in [-0.39, 0.29) is 16.3 Å². The van der Waals surface area contributed by atoms with Gasteiger partial charge in [0.25, 0.3) is 5.91 Å². The minimum Gasteiger partial charge on any atom is -0.507 e. The first-order valence-corrected chi connectivity index (χ1v) is 9.69. The van der Waals surface area contributed by atoms with Crippen LogP contribution in [-0.2, 0) is 22.4 Å². The van der Waals surface area contributed by atoms with Crippen molar-refractivity contribution in [2.75, 3.05) is 11.9 Å². The number of aromatic hydroxyl groups is 1. The summed E-state index contributed by atoms with van der Waals surface area (Å²) in [6, 6.07) is 6.16. The second kappa shape index (κ2) is 8.42. The van der Waals surface area contributed by atoms with Gasteiger partial charge >= 0.3 is 5.97 Å². The summed E-state index contributed by atoms with van der Waals surface area (Å²) in [4.78, 5) is 25.3. The molecule has 1 aromatic heterocycles. The number of fused-ring (bicyclic) bond motifs is 1. The number of thiophene rings is 1. The number of nitrogens with zero attached hydrogens (tertiary/aromatic N) is 1. The number of carbonyl (C=O) groups excluding carboxylic acids is 2. The molecule has 0 spiro atoms. The van der Waals surface area contributed by atoms with Crippen molar-refractivity contribution in [1.82, 2.24) is 0 Å². The monoisotopic (exact) mass is 404 g/mol. The lowest BCUT2D eigenvalue weighted by Gasteiger charge is -2.07. The van der Waals surface area contributed by atoms with Crippen molar-refractivity contribution < 1.29 is 19.4 Å². The summed E-state index contributed by atoms with van der Waals surface area (Å²) >= 11 is 7.21. The molecule has 2 N–H and O–H groups in total. The Morgan fingerprint density at radius 2 is 2.07 bits per heavy atom. The summed E-state index contributed by atoms with van der Waals surface area (Å²) in [5.41, 5.74) is 1.41. The molecule has 0 saturated carbocycles. The molecule has 0 unspecified atom stereocenters. The lowest BCUT2D eigenvalue weighted by molar-refractivity contribution is -0.119. The molecule has 1 aliphatic rings. The largest absolute Gasteiger partial charge is 0.507 e. The standard InChI is InChI=1S/C19H17ClN2O4S/c20-11-6-7-15(23)13(8-11)19(25)26-10-17(24)22-18-14(9-21)12-4-2-1-3-5-16(12)27-18/h6-8,23H,1-5,10H2,(H,22,24). The van der Waals surface area contributed by atoms with Gasteiger partial charge in [-0.1, -0.05) is 18.0 Å². The predicted octanol–water partition coefficient (Wildman–Crippen LogP) is 4.04. The molecular formula is C19H17ClN2O4S. The minimum atomic E-state index is -0.854. The van der Waals surface area contributed by atoms with Gasteiger partial charge in [-0.15, -0.1) is 11.3 Å². The first kappa shape index (κ1) is 19.2. The van der Waals surface area contributed by atoms with Crippen molar-refractivity contribution in [2.24, 2.45) is 0 Å². The Morgan fingerprint density at radius 3 is 2.85 bits per heavy atom. The molecule has 140 valence electrons. The van der Waals surface area contributed by atoms with Crippen LogP contribution in [0, 0.1) is 11.3 Å². The van der Waals surface area contributed by atoms with Gasteiger partial charge in [-0.25, -0.2) is 4.79 Å². The van der Waals surface area contributed by atoms with E-state index >= 15 is 0 Å². The Morgan fingerprint density at radius 1 is 1.30 bits per heavy atom. The number of nitrogens with one attached hydrogen (secondary N) is 1. The fourth-order valence-corrected chi connectivity index (χ4v) is 4.42. The van der Waals surface area contributed by atoms with Crippen LogP contribution < -0.4 is 5.32 Å². The van der Waals surface area contributed by atoms with E-state index in [0.717, 1.165) is 42.5 Å². The summed E-state index contributed by atoms with van der Waals surface area (Å²) in [5.74, 6) is -1.68. The molecule has 0 radical (unpaired) electrons. The van der Waals surface area contributed by atoms with Gasteiger partial charge in [0.1, 0.15) is 22.4 Å². The summed E-state index contributed by atoms with van der Waals surface area (Å²) in [7, 11) is 0. The summed E-state index contributed by atoms with van der Waals surface area (Å²) in [6.07, 6.45) is 5.00. The minimum absolute atomic E-state index is 0.115. The zero-order valence-electron chi connectivity index (χ0n) is 14.4. The second-order valence-corrected chi connectivity index (χ2v) is 7.71. The van der Waals surface area contributed by atoms with E-state index in [2.05, 4.69) is 11.4 Å². The molecule has 0 bridgehead atoms. The number of benzene rings is 1. The van der Waals surface area contributed by atoms with Crippen LogP contribution in [0.1, 0.15) is 45.6 Å². The third kappa shape index (κ3) is 4.41. The van der Waals surface area contributed by atoms with Crippen LogP contribution in [0.2, 0.25) is 5.02 Å². The van der Waals surface area contributed by atoms with E-state index in [1.54, 1.807) is 0 Å². The number of phenols is 1. The Labute approximate surface area is 165 Å². The number of carbonyl (C=O) groups is 2. The molecule has 0 saturated heterocycles. The summed E-state index contributed by atoms with van der Waals surface area (Å²) in [5, 5.41) is 22.6. The van der Waals surface area contributed by atoms with Crippen LogP contribution in [0.25, 0.3) is 0 Å². The fourth-order valence-electron chi connectivity index (χ4n) is 2.99. The third-order valence-corrected chi connectivity index (χ3v) is 5.74. The van der Waals surface area contributed by atoms with E-state index in [1.165, 1.54) is 29.5 Å². The number of hydrogen-bond donors (Lipinski definition) is 2. The Kier molecular flexibility index (Phi) is 5.99. The van der Waals surface area contributed by atoms with Crippen molar-refractivity contribution in [2.45, 2.75) is 32.1 Å². The molecule has 6 nitrogen and oxygen atoms in total. The maximum absolute atomic E-state index is 12.2. The van der Waals surface area contributed by atoms with Gasteiger partial charge in [0.2, 0.25) is 0 Å². The molecule has 2 aromatic rings. The number of amides is 1. The highest BCUT2D eigenvalue weighted by Gasteiger charge is 2.22. The molecule has 0 aliphatic heterocycles. The normalized spacial score (nSPS) is 13.2. The molecule has 1 heterocycles. The molecule has 3 rings (SSSR count). The third-order valence-electron chi connectivity index (χ3n) is 4.30. The second-order valence-electron chi connectivity index (χ2n) is 6.17. The van der Waals surface area contributed by atoms with Crippen LogP contribution in [0.5, 0.6) is 5.75 Å². The Bertz CT molecular complexity index is 933.